The molecule has 0 atom stereocenters. The third-order valence-corrected chi connectivity index (χ3v) is 4.82. The summed E-state index contributed by atoms with van der Waals surface area (Å²) in [6.07, 6.45) is 3.07. The van der Waals surface area contributed by atoms with Gasteiger partial charge in [0.2, 0.25) is 0 Å². The lowest BCUT2D eigenvalue weighted by Crippen LogP contribution is -2.19. The Labute approximate surface area is 167 Å². The number of hydrogen-bond donors (Lipinski definition) is 1. The molecule has 1 heterocycles. The van der Waals surface area contributed by atoms with Crippen LogP contribution in [0.1, 0.15) is 11.1 Å². The average molecular weight is 421 g/mol. The van der Waals surface area contributed by atoms with E-state index in [2.05, 4.69) is 15.5 Å². The summed E-state index contributed by atoms with van der Waals surface area (Å²) in [4.78, 5) is 22.6. The fourth-order valence-corrected chi connectivity index (χ4v) is 3.30. The third-order valence-electron chi connectivity index (χ3n) is 3.36. The number of carbonyl (C=O) groups excluding carboxylic acids is 1. The van der Waals surface area contributed by atoms with Crippen molar-refractivity contribution in [1.82, 2.24) is 5.32 Å². The predicted octanol–water partition coefficient (Wildman–Crippen LogP) is 4.50. The number of thioether (sulfide) groups is 1. The van der Waals surface area contributed by atoms with Gasteiger partial charge in [-0.2, -0.15) is 5.10 Å². The van der Waals surface area contributed by atoms with Crippen molar-refractivity contribution in [3.8, 4) is 0 Å². The fraction of sp³-hybridized carbons (Fsp3) is 0. The average Bonchev–Trinajstić information content (AvgIpc) is 2.97. The summed E-state index contributed by atoms with van der Waals surface area (Å²) < 4.78 is 0. The van der Waals surface area contributed by atoms with Gasteiger partial charge in [-0.05, 0) is 47.7 Å². The Morgan fingerprint density at radius 2 is 1.89 bits per heavy atom. The summed E-state index contributed by atoms with van der Waals surface area (Å²) >= 11 is 13.0. The van der Waals surface area contributed by atoms with E-state index < -0.39 is 4.92 Å². The van der Waals surface area contributed by atoms with E-state index in [0.29, 0.717) is 31.2 Å². The van der Waals surface area contributed by atoms with Crippen molar-refractivity contribution < 1.29 is 9.72 Å². The van der Waals surface area contributed by atoms with Crippen molar-refractivity contribution in [2.45, 2.75) is 0 Å². The molecule has 0 saturated carbocycles. The van der Waals surface area contributed by atoms with Crippen LogP contribution in [-0.2, 0) is 4.79 Å². The van der Waals surface area contributed by atoms with Gasteiger partial charge in [-0.1, -0.05) is 29.3 Å². The summed E-state index contributed by atoms with van der Waals surface area (Å²) in [5.74, 6) is -0.322. The van der Waals surface area contributed by atoms with Gasteiger partial charge in [0.25, 0.3) is 11.6 Å². The summed E-state index contributed by atoms with van der Waals surface area (Å²) in [6.45, 7) is 0. The number of benzene rings is 2. The van der Waals surface area contributed by atoms with Gasteiger partial charge in [-0.3, -0.25) is 20.2 Å². The molecular weight excluding hydrogens is 411 g/mol. The maximum Gasteiger partial charge on any atom is 0.269 e. The van der Waals surface area contributed by atoms with Gasteiger partial charge in [0, 0.05) is 22.7 Å². The number of hydrogen-bond acceptors (Lipinski definition) is 6. The molecule has 0 unspecified atom stereocenters. The van der Waals surface area contributed by atoms with Gasteiger partial charge in [-0.15, -0.1) is 5.10 Å². The monoisotopic (exact) mass is 420 g/mol. The molecule has 10 heteroatoms. The van der Waals surface area contributed by atoms with Crippen LogP contribution in [0, 0.1) is 10.1 Å². The van der Waals surface area contributed by atoms with Crippen LogP contribution in [0.3, 0.4) is 0 Å². The summed E-state index contributed by atoms with van der Waals surface area (Å²) in [6, 6.07) is 10.9. The van der Waals surface area contributed by atoms with Crippen molar-refractivity contribution >= 4 is 64.0 Å². The Bertz CT molecular complexity index is 1000. The van der Waals surface area contributed by atoms with Crippen LogP contribution in [0.15, 0.2) is 57.6 Å². The first kappa shape index (κ1) is 19.1. The van der Waals surface area contributed by atoms with Crippen molar-refractivity contribution in [3.05, 3.63) is 78.7 Å². The van der Waals surface area contributed by atoms with Gasteiger partial charge in [0.1, 0.15) is 0 Å². The summed E-state index contributed by atoms with van der Waals surface area (Å²) in [5, 5.41) is 22.4. The van der Waals surface area contributed by atoms with Gasteiger partial charge < -0.3 is 0 Å². The topological polar surface area (TPSA) is 97.0 Å². The second kappa shape index (κ2) is 8.34. The molecule has 3 rings (SSSR count). The molecule has 1 fully saturated rings. The molecule has 7 nitrogen and oxygen atoms in total. The number of rotatable bonds is 4. The van der Waals surface area contributed by atoms with E-state index in [4.69, 9.17) is 23.2 Å². The predicted molar refractivity (Wildman–Crippen MR) is 108 cm³/mol. The van der Waals surface area contributed by atoms with E-state index >= 15 is 0 Å². The van der Waals surface area contributed by atoms with Crippen molar-refractivity contribution in [1.29, 1.82) is 0 Å². The molecule has 1 aliphatic rings. The Hall–Kier alpha value is -2.68. The molecule has 1 aliphatic heterocycles. The van der Waals surface area contributed by atoms with Crippen molar-refractivity contribution in [2.75, 3.05) is 0 Å². The molecule has 1 saturated heterocycles. The number of halogens is 2. The van der Waals surface area contributed by atoms with Gasteiger partial charge in [0.05, 0.1) is 21.1 Å². The molecule has 136 valence electrons. The number of amides is 1. The molecule has 0 bridgehead atoms. The van der Waals surface area contributed by atoms with Crippen LogP contribution in [0.25, 0.3) is 6.08 Å². The Kier molecular flexibility index (Phi) is 5.90. The van der Waals surface area contributed by atoms with Crippen LogP contribution in [-0.4, -0.2) is 22.2 Å². The van der Waals surface area contributed by atoms with E-state index in [0.717, 1.165) is 11.8 Å². The molecule has 1 N–H and O–H groups in total. The lowest BCUT2D eigenvalue weighted by atomic mass is 10.2. The molecule has 0 spiro atoms. The number of nitrogens with one attached hydrogen (secondary N) is 1. The minimum Gasteiger partial charge on any atom is -0.299 e. The third kappa shape index (κ3) is 4.94. The first-order chi connectivity index (χ1) is 12.9. The minimum absolute atomic E-state index is 0.0156. The number of nitrogens with zero attached hydrogens (tertiary/aromatic N) is 3. The molecule has 2 aromatic carbocycles. The lowest BCUT2D eigenvalue weighted by Gasteiger charge is -1.96. The second-order valence-corrected chi connectivity index (χ2v) is 7.10. The highest BCUT2D eigenvalue weighted by molar-refractivity contribution is 8.18. The Balaban J connectivity index is 1.71. The van der Waals surface area contributed by atoms with Crippen LogP contribution in [0.4, 0.5) is 5.69 Å². The zero-order valence-corrected chi connectivity index (χ0v) is 15.8. The summed E-state index contributed by atoms with van der Waals surface area (Å²) in [5.41, 5.74) is 1.29. The first-order valence-corrected chi connectivity index (χ1v) is 9.01. The van der Waals surface area contributed by atoms with Crippen LogP contribution < -0.4 is 5.32 Å². The number of nitro groups is 1. The largest absolute Gasteiger partial charge is 0.299 e. The standard InChI is InChI=1S/C17H10Cl2N4O3S/c18-12-4-3-11(14(19)8-12)9-20-22-17-21-16(24)15(27-17)7-10-1-5-13(6-2-10)23(25)26/h1-9H,(H,21,22,24)/b15-7+,20-9+. The highest BCUT2D eigenvalue weighted by atomic mass is 35.5. The number of carbonyl (C=O) groups is 1. The number of nitro benzene ring substituents is 1. The van der Waals surface area contributed by atoms with E-state index in [1.807, 2.05) is 0 Å². The molecular formula is C17H10Cl2N4O3S. The molecule has 2 aromatic rings. The highest BCUT2D eigenvalue weighted by Gasteiger charge is 2.23. The normalized spacial score (nSPS) is 17.0. The van der Waals surface area contributed by atoms with Crippen LogP contribution in [0.5, 0.6) is 0 Å². The zero-order valence-electron chi connectivity index (χ0n) is 13.4. The fourth-order valence-electron chi connectivity index (χ4n) is 2.07. The van der Waals surface area contributed by atoms with E-state index in [-0.39, 0.29) is 11.6 Å². The van der Waals surface area contributed by atoms with Gasteiger partial charge in [-0.25, -0.2) is 0 Å². The number of non-ortho nitro benzene ring substituents is 1. The van der Waals surface area contributed by atoms with E-state index in [9.17, 15) is 14.9 Å². The molecule has 0 aliphatic carbocycles. The lowest BCUT2D eigenvalue weighted by molar-refractivity contribution is -0.384. The van der Waals surface area contributed by atoms with Crippen molar-refractivity contribution in [3.63, 3.8) is 0 Å². The minimum atomic E-state index is -0.482. The summed E-state index contributed by atoms with van der Waals surface area (Å²) in [7, 11) is 0. The number of amidine groups is 1. The Morgan fingerprint density at radius 1 is 1.15 bits per heavy atom. The Morgan fingerprint density at radius 3 is 2.56 bits per heavy atom. The SMILES string of the molecule is O=C1N/C(=N\N=C\c2ccc(Cl)cc2Cl)S/C1=C/c1ccc([N+](=O)[O-])cc1. The highest BCUT2D eigenvalue weighted by Crippen LogP contribution is 2.26. The second-order valence-electron chi connectivity index (χ2n) is 5.23. The smallest absolute Gasteiger partial charge is 0.269 e. The van der Waals surface area contributed by atoms with Crippen LogP contribution in [0.2, 0.25) is 10.0 Å². The zero-order chi connectivity index (χ0) is 19.4. The maximum atomic E-state index is 12.0. The van der Waals surface area contributed by atoms with E-state index in [1.54, 1.807) is 36.4 Å². The molecule has 1 amide bonds. The van der Waals surface area contributed by atoms with Crippen LogP contribution >= 0.6 is 35.0 Å². The van der Waals surface area contributed by atoms with Gasteiger partial charge in [0.15, 0.2) is 5.17 Å². The van der Waals surface area contributed by atoms with Crippen molar-refractivity contribution in [2.24, 2.45) is 10.2 Å². The molecule has 0 radical (unpaired) electrons. The first-order valence-electron chi connectivity index (χ1n) is 7.44. The quantitative estimate of drug-likeness (QED) is 0.340. The maximum absolute atomic E-state index is 12.0. The molecule has 0 aromatic heterocycles. The van der Waals surface area contributed by atoms with Gasteiger partial charge >= 0.3 is 0 Å². The van der Waals surface area contributed by atoms with E-state index in [1.165, 1.54) is 18.3 Å². The molecule has 27 heavy (non-hydrogen) atoms.